The summed E-state index contributed by atoms with van der Waals surface area (Å²) in [7, 11) is -0.610. The number of nitrogens with one attached hydrogen (secondary N) is 1. The lowest BCUT2D eigenvalue weighted by molar-refractivity contribution is -0.166. The molecule has 4 saturated carbocycles. The predicted octanol–water partition coefficient (Wildman–Crippen LogP) is 9.19. The molecule has 10 unspecified atom stereocenters. The standard InChI is InChI=1S/C51H68N4O4S/c1-36-40(38-16-24-50(25-17-38,35-59-46-13-7-11-39(33-52)54-46)47(56)58-34-37-9-5-4-6-10-37)18-22-48(2)42(36)19-23-49(3)43-20-26-51(53-27-28-55-29-31-60(57)32-30-55)21-8-12-44(51)41(43)14-15-45(48)49/h4-7,9-11,13,16,18,36,41-45,53H,8,12,14-15,17,19-32,34-35H2,1-3H3. The molecule has 6 aliphatic carbocycles. The van der Waals surface area contributed by atoms with E-state index in [1.807, 2.05) is 30.3 Å². The summed E-state index contributed by atoms with van der Waals surface area (Å²) in [4.78, 5) is 20.9. The first-order valence-electron chi connectivity index (χ1n) is 23.5. The molecule has 1 saturated heterocycles. The third kappa shape index (κ3) is 7.74. The predicted molar refractivity (Wildman–Crippen MR) is 237 cm³/mol. The van der Waals surface area contributed by atoms with Crippen molar-refractivity contribution in [3.8, 4) is 11.9 Å². The van der Waals surface area contributed by atoms with Gasteiger partial charge in [-0.05, 0) is 146 Å². The van der Waals surface area contributed by atoms with Gasteiger partial charge in [0.15, 0.2) is 0 Å². The Morgan fingerprint density at radius 2 is 1.73 bits per heavy atom. The summed E-state index contributed by atoms with van der Waals surface area (Å²) >= 11 is 0. The Kier molecular flexibility index (Phi) is 12.0. The zero-order chi connectivity index (χ0) is 41.5. The van der Waals surface area contributed by atoms with Crippen molar-refractivity contribution in [1.29, 1.82) is 5.26 Å². The van der Waals surface area contributed by atoms with Crippen LogP contribution in [0, 0.1) is 63.1 Å². The molecule has 322 valence electrons. The van der Waals surface area contributed by atoms with Gasteiger partial charge in [0.25, 0.3) is 0 Å². The fraction of sp³-hybridized carbons (Fsp3) is 0.667. The van der Waals surface area contributed by atoms with E-state index in [9.17, 15) is 14.3 Å². The van der Waals surface area contributed by atoms with Gasteiger partial charge in [-0.2, -0.15) is 5.26 Å². The monoisotopic (exact) mass is 832 g/mol. The van der Waals surface area contributed by atoms with Crippen LogP contribution in [0.1, 0.15) is 115 Å². The average molecular weight is 833 g/mol. The number of rotatable bonds is 11. The van der Waals surface area contributed by atoms with Gasteiger partial charge in [0, 0.05) is 60.1 Å². The number of allylic oxidation sites excluding steroid dienone is 4. The van der Waals surface area contributed by atoms with Crippen molar-refractivity contribution < 1.29 is 18.5 Å². The largest absolute Gasteiger partial charge is 0.476 e. The number of carbonyl (C=O) groups excluding carboxylic acids is 1. The Hall–Kier alpha value is -3.32. The van der Waals surface area contributed by atoms with E-state index in [0.29, 0.717) is 52.6 Å². The van der Waals surface area contributed by atoms with Crippen LogP contribution in [0.15, 0.2) is 71.8 Å². The minimum Gasteiger partial charge on any atom is -0.476 e. The van der Waals surface area contributed by atoms with Gasteiger partial charge in [-0.15, -0.1) is 0 Å². The molecule has 10 atom stereocenters. The van der Waals surface area contributed by atoms with E-state index in [4.69, 9.17) is 9.47 Å². The SMILES string of the molecule is CC1C(C2=CCC(COc3cccc(C#N)n3)(C(=O)OCc3ccccc3)CC2)=CCC2(C)C1CCC1(C)C3CCC4(NCCN5CCS(=O)CC5)CCCC4C3CCC21. The highest BCUT2D eigenvalue weighted by Gasteiger charge is 2.64. The Morgan fingerprint density at radius 1 is 0.917 bits per heavy atom. The molecule has 5 fully saturated rings. The number of carbonyl (C=O) groups is 1. The van der Waals surface area contributed by atoms with Crippen molar-refractivity contribution in [2.24, 2.45) is 51.8 Å². The summed E-state index contributed by atoms with van der Waals surface area (Å²) in [5.41, 5.74) is 4.39. The zero-order valence-corrected chi connectivity index (χ0v) is 37.3. The minimum absolute atomic E-state index is 0.157. The van der Waals surface area contributed by atoms with Gasteiger partial charge in [0.05, 0.1) is 0 Å². The Morgan fingerprint density at radius 3 is 2.52 bits per heavy atom. The highest BCUT2D eigenvalue weighted by atomic mass is 32.2. The molecule has 8 nitrogen and oxygen atoms in total. The summed E-state index contributed by atoms with van der Waals surface area (Å²) in [6, 6.07) is 17.1. The summed E-state index contributed by atoms with van der Waals surface area (Å²) in [5, 5.41) is 13.6. The zero-order valence-electron chi connectivity index (χ0n) is 36.5. The second-order valence-corrected chi connectivity index (χ2v) is 22.3. The van der Waals surface area contributed by atoms with E-state index in [2.05, 4.69) is 54.2 Å². The van der Waals surface area contributed by atoms with Crippen molar-refractivity contribution >= 4 is 16.8 Å². The average Bonchev–Trinajstić information content (AvgIpc) is 3.71. The maximum atomic E-state index is 14.0. The van der Waals surface area contributed by atoms with Crippen LogP contribution in [0.2, 0.25) is 0 Å². The second-order valence-electron chi connectivity index (χ2n) is 20.6. The van der Waals surface area contributed by atoms with Crippen LogP contribution in [0.5, 0.6) is 5.88 Å². The van der Waals surface area contributed by atoms with E-state index in [1.54, 1.807) is 18.2 Å². The molecular weight excluding hydrogens is 765 g/mol. The number of esters is 1. The van der Waals surface area contributed by atoms with E-state index >= 15 is 0 Å². The van der Waals surface area contributed by atoms with Crippen molar-refractivity contribution in [1.82, 2.24) is 15.2 Å². The number of hydrogen-bond acceptors (Lipinski definition) is 8. The van der Waals surface area contributed by atoms with Gasteiger partial charge < -0.3 is 19.7 Å². The lowest BCUT2D eigenvalue weighted by Crippen LogP contribution is -2.63. The van der Waals surface area contributed by atoms with Crippen LogP contribution in [0.25, 0.3) is 0 Å². The van der Waals surface area contributed by atoms with Gasteiger partial charge in [0.2, 0.25) is 5.88 Å². The van der Waals surface area contributed by atoms with Gasteiger partial charge in [0.1, 0.15) is 30.4 Å². The lowest BCUT2D eigenvalue weighted by Gasteiger charge is -2.67. The first-order chi connectivity index (χ1) is 29.1. The maximum Gasteiger partial charge on any atom is 0.316 e. The molecule has 0 amide bonds. The van der Waals surface area contributed by atoms with E-state index in [1.165, 1.54) is 68.9 Å². The Balaban J connectivity index is 0.885. The summed E-state index contributed by atoms with van der Waals surface area (Å²) in [6.45, 7) is 12.5. The van der Waals surface area contributed by atoms with Crippen LogP contribution in [-0.4, -0.2) is 69.9 Å². The number of ether oxygens (including phenoxy) is 2. The second kappa shape index (κ2) is 17.1. The van der Waals surface area contributed by atoms with Gasteiger partial charge in [-0.25, -0.2) is 4.98 Å². The normalized spacial score (nSPS) is 37.9. The number of fused-ring (bicyclic) bond motifs is 7. The number of benzene rings is 1. The topological polar surface area (TPSA) is 105 Å². The van der Waals surface area contributed by atoms with Crippen molar-refractivity contribution in [2.75, 3.05) is 44.3 Å². The summed E-state index contributed by atoms with van der Waals surface area (Å²) < 4.78 is 24.1. The number of aromatic nitrogens is 1. The number of nitrogens with zero attached hydrogens (tertiary/aromatic N) is 3. The van der Waals surface area contributed by atoms with Crippen LogP contribution in [0.3, 0.4) is 0 Å². The van der Waals surface area contributed by atoms with Crippen molar-refractivity contribution in [3.05, 3.63) is 83.1 Å². The van der Waals surface area contributed by atoms with Gasteiger partial charge in [-0.3, -0.25) is 9.00 Å². The third-order valence-corrected chi connectivity index (χ3v) is 19.1. The van der Waals surface area contributed by atoms with Gasteiger partial charge >= 0.3 is 5.97 Å². The number of pyridine rings is 1. The third-order valence-electron chi connectivity index (χ3n) is 17.8. The first-order valence-corrected chi connectivity index (χ1v) is 25.0. The van der Waals surface area contributed by atoms with Crippen molar-refractivity contribution in [3.63, 3.8) is 0 Å². The van der Waals surface area contributed by atoms with Crippen LogP contribution < -0.4 is 10.1 Å². The maximum absolute atomic E-state index is 14.0. The molecule has 1 aliphatic heterocycles. The smallest absolute Gasteiger partial charge is 0.316 e. The molecule has 9 rings (SSSR count). The van der Waals surface area contributed by atoms with Crippen LogP contribution >= 0.6 is 0 Å². The molecule has 0 radical (unpaired) electrons. The van der Waals surface area contributed by atoms with E-state index in [-0.39, 0.29) is 19.2 Å². The highest BCUT2D eigenvalue weighted by molar-refractivity contribution is 7.85. The van der Waals surface area contributed by atoms with Crippen molar-refractivity contribution in [2.45, 2.75) is 116 Å². The lowest BCUT2D eigenvalue weighted by atomic mass is 9.38. The van der Waals surface area contributed by atoms with Gasteiger partial charge in [-0.1, -0.05) is 75.7 Å². The molecule has 1 aromatic heterocycles. The summed E-state index contributed by atoms with van der Waals surface area (Å²) in [6.07, 6.45) is 20.4. The summed E-state index contributed by atoms with van der Waals surface area (Å²) in [5.74, 6) is 6.22. The minimum atomic E-state index is -0.830. The molecule has 1 aromatic carbocycles. The molecule has 60 heavy (non-hydrogen) atoms. The molecule has 2 aromatic rings. The van der Waals surface area contributed by atoms with E-state index in [0.717, 1.165) is 79.8 Å². The highest BCUT2D eigenvalue weighted by Crippen LogP contribution is 2.71. The Bertz CT molecular complexity index is 2020. The molecule has 2 heterocycles. The Labute approximate surface area is 361 Å². The van der Waals surface area contributed by atoms with Crippen LogP contribution in [-0.2, 0) is 26.9 Å². The quantitative estimate of drug-likeness (QED) is 0.224. The molecule has 0 spiro atoms. The molecule has 9 heteroatoms. The first kappa shape index (κ1) is 42.0. The fourth-order valence-corrected chi connectivity index (χ4v) is 15.9. The fourth-order valence-electron chi connectivity index (χ4n) is 14.7. The van der Waals surface area contributed by atoms with Crippen LogP contribution in [0.4, 0.5) is 0 Å². The molecular formula is C51H68N4O4S. The number of hydrogen-bond donors (Lipinski definition) is 1. The molecule has 7 aliphatic rings. The number of nitriles is 1. The molecule has 0 bridgehead atoms. The van der Waals surface area contributed by atoms with E-state index < -0.39 is 16.2 Å². The molecule has 1 N–H and O–H groups in total.